The van der Waals surface area contributed by atoms with Crippen LogP contribution in [0, 0.1) is 5.82 Å². The zero-order valence-electron chi connectivity index (χ0n) is 12.3. The quantitative estimate of drug-likeness (QED) is 0.707. The molecule has 1 aromatic heterocycles. The fourth-order valence-electron chi connectivity index (χ4n) is 2.23. The van der Waals surface area contributed by atoms with Crippen molar-refractivity contribution in [3.63, 3.8) is 0 Å². The van der Waals surface area contributed by atoms with Crippen molar-refractivity contribution in [1.82, 2.24) is 4.72 Å². The third-order valence-electron chi connectivity index (χ3n) is 3.30. The van der Waals surface area contributed by atoms with Crippen molar-refractivity contribution in [1.29, 1.82) is 0 Å². The number of hydrogen-bond acceptors (Lipinski definition) is 4. The molecule has 138 valence electrons. The Morgan fingerprint density at radius 2 is 1.76 bits per heavy atom. The molecule has 0 fully saturated rings. The van der Waals surface area contributed by atoms with Crippen LogP contribution in [0.25, 0.3) is 0 Å². The fraction of sp³-hybridized carbons (Fsp3) is 0.286. The Balaban J connectivity index is 2.38. The predicted octanol–water partition coefficient (Wildman–Crippen LogP) is 3.53. The Bertz CT molecular complexity index is 821. The van der Waals surface area contributed by atoms with Crippen LogP contribution in [0.5, 0.6) is 0 Å². The summed E-state index contributed by atoms with van der Waals surface area (Å²) in [6, 6.07) is 3.99. The third-order valence-corrected chi connectivity index (χ3v) is 6.51. The molecule has 0 aliphatic heterocycles. The van der Waals surface area contributed by atoms with Crippen molar-refractivity contribution in [3.8, 4) is 0 Å². The molecular formula is C14H12ClF4NO3S2. The molecule has 0 saturated carbocycles. The summed E-state index contributed by atoms with van der Waals surface area (Å²) in [6.07, 6.45) is -4.87. The van der Waals surface area contributed by atoms with Gasteiger partial charge in [0.15, 0.2) is 0 Å². The van der Waals surface area contributed by atoms with Gasteiger partial charge in [0.2, 0.25) is 10.0 Å². The lowest BCUT2D eigenvalue weighted by molar-refractivity contribution is -0.158. The minimum absolute atomic E-state index is 0.145. The molecule has 0 spiro atoms. The zero-order valence-corrected chi connectivity index (χ0v) is 14.7. The van der Waals surface area contributed by atoms with E-state index in [1.807, 2.05) is 4.72 Å². The first-order valence-corrected chi connectivity index (χ1v) is 9.43. The summed E-state index contributed by atoms with van der Waals surface area (Å²) in [5.74, 6) is -3.10. The van der Waals surface area contributed by atoms with Gasteiger partial charge in [-0.05, 0) is 29.8 Å². The molecule has 2 rings (SSSR count). The maximum Gasteiger partial charge on any atom is 0.397 e. The summed E-state index contributed by atoms with van der Waals surface area (Å²) < 4.78 is 79.6. The van der Waals surface area contributed by atoms with Gasteiger partial charge in [-0.3, -0.25) is 0 Å². The fourth-order valence-corrected chi connectivity index (χ4v) is 4.97. The van der Waals surface area contributed by atoms with Crippen LogP contribution in [-0.4, -0.2) is 32.3 Å². The number of benzene rings is 1. The maximum atomic E-state index is 13.5. The van der Waals surface area contributed by atoms with Crippen molar-refractivity contribution in [3.05, 3.63) is 52.1 Å². The summed E-state index contributed by atoms with van der Waals surface area (Å²) >= 11 is 6.31. The van der Waals surface area contributed by atoms with E-state index in [1.54, 1.807) is 0 Å². The second kappa shape index (κ2) is 7.58. The molecule has 1 heterocycles. The third kappa shape index (κ3) is 4.91. The van der Waals surface area contributed by atoms with Gasteiger partial charge in [-0.2, -0.15) is 13.2 Å². The lowest BCUT2D eigenvalue weighted by atomic mass is 9.91. The average Bonchev–Trinajstić information content (AvgIpc) is 2.94. The van der Waals surface area contributed by atoms with E-state index in [0.717, 1.165) is 30.3 Å². The monoisotopic (exact) mass is 417 g/mol. The van der Waals surface area contributed by atoms with Crippen LogP contribution in [0.15, 0.2) is 40.6 Å². The van der Waals surface area contributed by atoms with E-state index < -0.39 is 40.6 Å². The summed E-state index contributed by atoms with van der Waals surface area (Å²) in [5, 5.41) is 9.37. The second-order valence-electron chi connectivity index (χ2n) is 5.04. The number of thiophene rings is 1. The Kier molecular flexibility index (Phi) is 6.10. The van der Waals surface area contributed by atoms with Crippen LogP contribution >= 0.6 is 22.9 Å². The topological polar surface area (TPSA) is 66.4 Å². The van der Waals surface area contributed by atoms with E-state index in [4.69, 9.17) is 11.6 Å². The van der Waals surface area contributed by atoms with Crippen LogP contribution in [0.4, 0.5) is 17.6 Å². The molecule has 0 radical (unpaired) electrons. The summed E-state index contributed by atoms with van der Waals surface area (Å²) in [4.78, 5) is 0. The molecule has 2 aromatic rings. The lowest BCUT2D eigenvalue weighted by Crippen LogP contribution is -2.46. The van der Waals surface area contributed by atoms with Gasteiger partial charge in [-0.15, -0.1) is 11.3 Å². The van der Waals surface area contributed by atoms with Gasteiger partial charge in [-0.25, -0.2) is 17.5 Å². The van der Waals surface area contributed by atoms with Crippen molar-refractivity contribution in [2.24, 2.45) is 0 Å². The first-order chi connectivity index (χ1) is 11.5. The van der Waals surface area contributed by atoms with E-state index in [1.165, 1.54) is 6.07 Å². The van der Waals surface area contributed by atoms with E-state index in [2.05, 4.69) is 0 Å². The van der Waals surface area contributed by atoms with Crippen molar-refractivity contribution in [2.45, 2.75) is 22.3 Å². The van der Waals surface area contributed by atoms with Gasteiger partial charge in [0.1, 0.15) is 10.0 Å². The van der Waals surface area contributed by atoms with Crippen LogP contribution in [0.2, 0.25) is 4.34 Å². The second-order valence-corrected chi connectivity index (χ2v) is 8.70. The molecule has 0 aliphatic carbocycles. The minimum atomic E-state index is -4.87. The molecule has 0 aliphatic rings. The number of aliphatic hydroxyl groups excluding tert-OH is 1. The number of hydrogen-bond donors (Lipinski definition) is 2. The molecule has 0 amide bonds. The highest BCUT2D eigenvalue weighted by Crippen LogP contribution is 2.38. The standard InChI is InChI=1S/C14H12ClF4NO3S2/c15-11-5-6-12(24-11)25(22,23)20-10(7-21)13(14(17,18)19)8-1-3-9(16)4-2-8/h1-6,10,13,20-21H,7H2/t10-,13-/m1/s1. The highest BCUT2D eigenvalue weighted by molar-refractivity contribution is 7.91. The SMILES string of the molecule is O=S(=O)(N[C@H](CO)[C@@H](c1ccc(F)cc1)C(F)(F)F)c1ccc(Cl)s1. The highest BCUT2D eigenvalue weighted by Gasteiger charge is 2.47. The van der Waals surface area contributed by atoms with Gasteiger partial charge in [0, 0.05) is 0 Å². The van der Waals surface area contributed by atoms with E-state index in [0.29, 0.717) is 11.3 Å². The molecule has 11 heteroatoms. The average molecular weight is 418 g/mol. The van der Waals surface area contributed by atoms with Gasteiger partial charge in [0.05, 0.1) is 22.9 Å². The molecular weight excluding hydrogens is 406 g/mol. The van der Waals surface area contributed by atoms with Gasteiger partial charge in [-0.1, -0.05) is 23.7 Å². The van der Waals surface area contributed by atoms with E-state index in [-0.39, 0.29) is 14.1 Å². The molecule has 1 aromatic carbocycles. The molecule has 2 N–H and O–H groups in total. The highest BCUT2D eigenvalue weighted by atomic mass is 35.5. The lowest BCUT2D eigenvalue weighted by Gasteiger charge is -2.28. The molecule has 0 saturated heterocycles. The summed E-state index contributed by atoms with van der Waals surface area (Å²) in [5.41, 5.74) is -0.375. The largest absolute Gasteiger partial charge is 0.397 e. The summed E-state index contributed by atoms with van der Waals surface area (Å²) in [7, 11) is -4.32. The number of rotatable bonds is 6. The summed E-state index contributed by atoms with van der Waals surface area (Å²) in [6.45, 7) is -1.11. The van der Waals surface area contributed by atoms with E-state index >= 15 is 0 Å². The van der Waals surface area contributed by atoms with Gasteiger partial charge < -0.3 is 5.11 Å². The van der Waals surface area contributed by atoms with Crippen LogP contribution < -0.4 is 4.72 Å². The minimum Gasteiger partial charge on any atom is -0.395 e. The van der Waals surface area contributed by atoms with Crippen molar-refractivity contribution >= 4 is 33.0 Å². The van der Waals surface area contributed by atoms with Gasteiger partial charge in [0.25, 0.3) is 0 Å². The normalized spacial score (nSPS) is 15.1. The number of sulfonamides is 1. The Hall–Kier alpha value is -1.20. The van der Waals surface area contributed by atoms with Crippen molar-refractivity contribution < 1.29 is 31.1 Å². The molecule has 25 heavy (non-hydrogen) atoms. The van der Waals surface area contributed by atoms with Crippen LogP contribution in [0.3, 0.4) is 0 Å². The number of aliphatic hydroxyl groups is 1. The smallest absolute Gasteiger partial charge is 0.395 e. The number of nitrogens with one attached hydrogen (secondary N) is 1. The van der Waals surface area contributed by atoms with Gasteiger partial charge >= 0.3 is 6.18 Å². The molecule has 0 unspecified atom stereocenters. The first-order valence-electron chi connectivity index (χ1n) is 6.75. The Morgan fingerprint density at radius 1 is 1.16 bits per heavy atom. The maximum absolute atomic E-state index is 13.5. The number of halogens is 5. The predicted molar refractivity (Wildman–Crippen MR) is 85.7 cm³/mol. The van der Waals surface area contributed by atoms with Crippen LogP contribution in [-0.2, 0) is 10.0 Å². The Labute approximate surface area is 150 Å². The van der Waals surface area contributed by atoms with Crippen LogP contribution in [0.1, 0.15) is 11.5 Å². The molecule has 2 atom stereocenters. The molecule has 4 nitrogen and oxygen atoms in total. The van der Waals surface area contributed by atoms with E-state index in [9.17, 15) is 31.1 Å². The zero-order chi connectivity index (χ0) is 18.8. The molecule has 0 bridgehead atoms. The number of alkyl halides is 3. The Morgan fingerprint density at radius 3 is 2.20 bits per heavy atom. The first kappa shape index (κ1) is 20.1. The van der Waals surface area contributed by atoms with Crippen molar-refractivity contribution in [2.75, 3.05) is 6.61 Å².